The first-order valence-electron chi connectivity index (χ1n) is 2.78. The normalized spacial score (nSPS) is 9.55. The van der Waals surface area contributed by atoms with E-state index in [0.717, 1.165) is 0 Å². The van der Waals surface area contributed by atoms with Crippen LogP contribution >= 0.6 is 15.9 Å². The highest BCUT2D eigenvalue weighted by atomic mass is 79.9. The first kappa shape index (κ1) is 8.00. The van der Waals surface area contributed by atoms with Crippen molar-refractivity contribution in [1.29, 1.82) is 0 Å². The van der Waals surface area contributed by atoms with E-state index < -0.39 is 11.2 Å². The number of aromatic nitrogens is 2. The van der Waals surface area contributed by atoms with Gasteiger partial charge in [-0.2, -0.15) is 0 Å². The predicted molar refractivity (Wildman–Crippen MR) is 45.4 cm³/mol. The summed E-state index contributed by atoms with van der Waals surface area (Å²) in [6.07, 6.45) is 2.66. The number of hydrogen-bond donors (Lipinski definition) is 1. The number of nitrogens with zero attached hydrogens (tertiary/aromatic N) is 1. The van der Waals surface area contributed by atoms with Gasteiger partial charge in [-0.1, -0.05) is 6.58 Å². The Morgan fingerprint density at radius 2 is 2.27 bits per heavy atom. The van der Waals surface area contributed by atoms with E-state index in [1.165, 1.54) is 17.0 Å². The minimum atomic E-state index is -0.492. The van der Waals surface area contributed by atoms with Crippen molar-refractivity contribution in [3.05, 3.63) is 38.1 Å². The summed E-state index contributed by atoms with van der Waals surface area (Å²) in [5.41, 5.74) is -0.929. The van der Waals surface area contributed by atoms with Gasteiger partial charge in [0.1, 0.15) is 0 Å². The van der Waals surface area contributed by atoms with Crippen molar-refractivity contribution >= 4 is 22.1 Å². The molecule has 58 valence electrons. The van der Waals surface area contributed by atoms with Crippen LogP contribution in [0.25, 0.3) is 6.20 Å². The summed E-state index contributed by atoms with van der Waals surface area (Å²) in [6.45, 7) is 3.38. The fourth-order valence-corrected chi connectivity index (χ4v) is 0.916. The van der Waals surface area contributed by atoms with Crippen molar-refractivity contribution in [3.8, 4) is 0 Å². The molecule has 11 heavy (non-hydrogen) atoms. The number of H-pyrrole nitrogens is 1. The van der Waals surface area contributed by atoms with E-state index in [4.69, 9.17) is 0 Å². The van der Waals surface area contributed by atoms with Crippen LogP contribution < -0.4 is 11.2 Å². The van der Waals surface area contributed by atoms with Crippen molar-refractivity contribution in [3.63, 3.8) is 0 Å². The summed E-state index contributed by atoms with van der Waals surface area (Å²) in [5, 5.41) is 0. The highest BCUT2D eigenvalue weighted by Gasteiger charge is 1.97. The van der Waals surface area contributed by atoms with Crippen molar-refractivity contribution in [2.24, 2.45) is 0 Å². The largest absolute Gasteiger partial charge is 0.332 e. The van der Waals surface area contributed by atoms with Gasteiger partial charge in [-0.25, -0.2) is 4.79 Å². The van der Waals surface area contributed by atoms with Crippen LogP contribution in [0.4, 0.5) is 0 Å². The van der Waals surface area contributed by atoms with Crippen LogP contribution in [0.5, 0.6) is 0 Å². The zero-order chi connectivity index (χ0) is 8.43. The smallest absolute Gasteiger partial charge is 0.276 e. The van der Waals surface area contributed by atoms with E-state index >= 15 is 0 Å². The van der Waals surface area contributed by atoms with Gasteiger partial charge >= 0.3 is 5.69 Å². The van der Waals surface area contributed by atoms with Crippen LogP contribution in [0.15, 0.2) is 26.8 Å². The van der Waals surface area contributed by atoms with Crippen LogP contribution in [-0.2, 0) is 0 Å². The predicted octanol–water partition coefficient (Wildman–Crippen LogP) is 0.400. The minimum Gasteiger partial charge on any atom is -0.276 e. The highest BCUT2D eigenvalue weighted by Crippen LogP contribution is 1.96. The van der Waals surface area contributed by atoms with Crippen LogP contribution in [0, 0.1) is 0 Å². The van der Waals surface area contributed by atoms with E-state index in [9.17, 15) is 9.59 Å². The standard InChI is InChI=1S/C6H5BrN2O2/c1-2-9-3-4(7)5(10)8-6(9)11/h2-3H,1H2,(H,8,10,11). The first-order chi connectivity index (χ1) is 5.15. The van der Waals surface area contributed by atoms with Crippen molar-refractivity contribution in [2.75, 3.05) is 0 Å². The van der Waals surface area contributed by atoms with Gasteiger partial charge in [-0.3, -0.25) is 14.3 Å². The molecule has 0 aliphatic heterocycles. The molecule has 0 bridgehead atoms. The second-order valence-corrected chi connectivity index (χ2v) is 2.68. The molecule has 0 saturated carbocycles. The molecule has 4 nitrogen and oxygen atoms in total. The summed E-state index contributed by atoms with van der Waals surface area (Å²) in [5.74, 6) is 0. The molecular formula is C6H5BrN2O2. The Labute approximate surface area is 70.3 Å². The fourth-order valence-electron chi connectivity index (χ4n) is 0.596. The molecule has 0 aromatic carbocycles. The van der Waals surface area contributed by atoms with Crippen molar-refractivity contribution in [2.45, 2.75) is 0 Å². The molecule has 5 heteroatoms. The maximum atomic E-state index is 10.8. The molecule has 1 aromatic rings. The summed E-state index contributed by atoms with van der Waals surface area (Å²) in [7, 11) is 0. The molecule has 0 aliphatic carbocycles. The molecule has 1 heterocycles. The van der Waals surface area contributed by atoms with E-state index in [-0.39, 0.29) is 0 Å². The maximum absolute atomic E-state index is 10.8. The lowest BCUT2D eigenvalue weighted by Gasteiger charge is -1.95. The second-order valence-electron chi connectivity index (χ2n) is 1.83. The lowest BCUT2D eigenvalue weighted by atomic mass is 10.6. The average Bonchev–Trinajstić information content (AvgIpc) is 1.97. The second kappa shape index (κ2) is 2.87. The number of aromatic amines is 1. The van der Waals surface area contributed by atoms with Gasteiger partial charge in [0.2, 0.25) is 0 Å². The Bertz CT molecular complexity index is 390. The van der Waals surface area contributed by atoms with Crippen LogP contribution in [0.2, 0.25) is 0 Å². The van der Waals surface area contributed by atoms with Gasteiger partial charge in [-0.15, -0.1) is 0 Å². The molecule has 0 amide bonds. The van der Waals surface area contributed by atoms with E-state index in [1.54, 1.807) is 0 Å². The zero-order valence-corrected chi connectivity index (χ0v) is 7.09. The third-order valence-electron chi connectivity index (χ3n) is 1.12. The minimum absolute atomic E-state index is 0.303. The fraction of sp³-hybridized carbons (Fsp3) is 0. The molecule has 1 aromatic heterocycles. The molecule has 0 atom stereocenters. The van der Waals surface area contributed by atoms with E-state index in [0.29, 0.717) is 4.47 Å². The topological polar surface area (TPSA) is 54.9 Å². The Balaban J connectivity index is 3.57. The van der Waals surface area contributed by atoms with Crippen LogP contribution in [0.3, 0.4) is 0 Å². The molecule has 0 unspecified atom stereocenters. The summed E-state index contributed by atoms with van der Waals surface area (Å²) in [4.78, 5) is 23.7. The molecule has 1 rings (SSSR count). The Morgan fingerprint density at radius 1 is 1.64 bits per heavy atom. The highest BCUT2D eigenvalue weighted by molar-refractivity contribution is 9.10. The van der Waals surface area contributed by atoms with Crippen LogP contribution in [-0.4, -0.2) is 9.55 Å². The molecule has 0 spiro atoms. The van der Waals surface area contributed by atoms with Gasteiger partial charge in [0.05, 0.1) is 4.47 Å². The Morgan fingerprint density at radius 3 is 2.82 bits per heavy atom. The Hall–Kier alpha value is -1.10. The Kier molecular flexibility index (Phi) is 2.09. The van der Waals surface area contributed by atoms with E-state index in [1.807, 2.05) is 0 Å². The molecule has 0 radical (unpaired) electrons. The monoisotopic (exact) mass is 216 g/mol. The van der Waals surface area contributed by atoms with Crippen molar-refractivity contribution in [1.82, 2.24) is 9.55 Å². The van der Waals surface area contributed by atoms with Gasteiger partial charge in [0.15, 0.2) is 0 Å². The maximum Gasteiger partial charge on any atom is 0.332 e. The molecule has 0 aliphatic rings. The zero-order valence-electron chi connectivity index (χ0n) is 5.50. The van der Waals surface area contributed by atoms with Crippen LogP contribution in [0.1, 0.15) is 0 Å². The molecule has 0 fully saturated rings. The third-order valence-corrected chi connectivity index (χ3v) is 1.69. The number of hydrogen-bond acceptors (Lipinski definition) is 2. The average molecular weight is 217 g/mol. The van der Waals surface area contributed by atoms with Gasteiger partial charge in [-0.05, 0) is 15.9 Å². The molecular weight excluding hydrogens is 212 g/mol. The summed E-state index contributed by atoms with van der Waals surface area (Å²) in [6, 6.07) is 0. The summed E-state index contributed by atoms with van der Waals surface area (Å²) < 4.78 is 1.47. The lowest BCUT2D eigenvalue weighted by Crippen LogP contribution is -2.26. The third kappa shape index (κ3) is 1.48. The molecule has 1 N–H and O–H groups in total. The lowest BCUT2D eigenvalue weighted by molar-refractivity contribution is 0.928. The SMILES string of the molecule is C=Cn1cc(Br)c(=O)[nH]c1=O. The van der Waals surface area contributed by atoms with Crippen molar-refractivity contribution < 1.29 is 0 Å². The van der Waals surface area contributed by atoms with Gasteiger partial charge in [0, 0.05) is 12.4 Å². The van der Waals surface area contributed by atoms with Gasteiger partial charge in [0.25, 0.3) is 5.56 Å². The number of rotatable bonds is 1. The quantitative estimate of drug-likeness (QED) is 0.740. The summed E-state index contributed by atoms with van der Waals surface area (Å²) >= 11 is 2.97. The van der Waals surface area contributed by atoms with E-state index in [2.05, 4.69) is 27.5 Å². The number of nitrogens with one attached hydrogen (secondary N) is 1. The first-order valence-corrected chi connectivity index (χ1v) is 3.58. The molecule has 0 saturated heterocycles. The van der Waals surface area contributed by atoms with Gasteiger partial charge < -0.3 is 0 Å². The number of halogens is 1.